The van der Waals surface area contributed by atoms with Crippen LogP contribution in [0.2, 0.25) is 0 Å². The Labute approximate surface area is 103 Å². The zero-order chi connectivity index (χ0) is 12.4. The van der Waals surface area contributed by atoms with Crippen LogP contribution in [-0.2, 0) is 17.6 Å². The second-order valence-electron chi connectivity index (χ2n) is 5.14. The van der Waals surface area contributed by atoms with Gasteiger partial charge in [0.1, 0.15) is 0 Å². The molecule has 1 unspecified atom stereocenters. The van der Waals surface area contributed by atoms with Gasteiger partial charge in [-0.15, -0.1) is 0 Å². The Kier molecular flexibility index (Phi) is 3.48. The average molecular weight is 232 g/mol. The fraction of sp³-hybridized carbons (Fsp3) is 0.500. The molecule has 2 N–H and O–H groups in total. The van der Waals surface area contributed by atoms with Crippen LogP contribution >= 0.6 is 0 Å². The minimum absolute atomic E-state index is 0.102. The Morgan fingerprint density at radius 3 is 2.82 bits per heavy atom. The van der Waals surface area contributed by atoms with Gasteiger partial charge in [0, 0.05) is 17.8 Å². The van der Waals surface area contributed by atoms with Crippen molar-refractivity contribution in [3.63, 3.8) is 0 Å². The van der Waals surface area contributed by atoms with Gasteiger partial charge in [-0.3, -0.25) is 4.79 Å². The van der Waals surface area contributed by atoms with Crippen LogP contribution < -0.4 is 10.6 Å². The van der Waals surface area contributed by atoms with Crippen molar-refractivity contribution in [2.75, 3.05) is 5.32 Å². The number of carbonyl (C=O) groups excluding carboxylic acids is 1. The highest BCUT2D eigenvalue weighted by Crippen LogP contribution is 2.24. The first-order chi connectivity index (χ1) is 8.04. The normalized spacial score (nSPS) is 15.9. The lowest BCUT2D eigenvalue weighted by Gasteiger charge is -2.17. The Morgan fingerprint density at radius 2 is 2.12 bits per heavy atom. The number of nitrogens with one attached hydrogen (secondary N) is 2. The molecule has 0 aromatic heterocycles. The third-order valence-electron chi connectivity index (χ3n) is 2.95. The highest BCUT2D eigenvalue weighted by Gasteiger charge is 2.17. The minimum Gasteiger partial charge on any atom is -0.326 e. The van der Waals surface area contributed by atoms with E-state index in [1.807, 2.05) is 6.07 Å². The minimum atomic E-state index is 0.102. The SMILES string of the molecule is CC(C)NC(C)Cc1ccc2c(c1)CC(=O)N2. The monoisotopic (exact) mass is 232 g/mol. The summed E-state index contributed by atoms with van der Waals surface area (Å²) in [4.78, 5) is 11.3. The van der Waals surface area contributed by atoms with Gasteiger partial charge in [-0.2, -0.15) is 0 Å². The van der Waals surface area contributed by atoms with Crippen molar-refractivity contribution < 1.29 is 4.79 Å². The van der Waals surface area contributed by atoms with E-state index >= 15 is 0 Å². The Balaban J connectivity index is 2.03. The number of anilines is 1. The van der Waals surface area contributed by atoms with E-state index in [1.165, 1.54) is 5.56 Å². The van der Waals surface area contributed by atoms with E-state index in [1.54, 1.807) is 0 Å². The summed E-state index contributed by atoms with van der Waals surface area (Å²) in [6.07, 6.45) is 1.52. The molecule has 17 heavy (non-hydrogen) atoms. The number of hydrogen-bond acceptors (Lipinski definition) is 2. The van der Waals surface area contributed by atoms with Crippen molar-refractivity contribution in [1.82, 2.24) is 5.32 Å². The van der Waals surface area contributed by atoms with Crippen LogP contribution in [0, 0.1) is 0 Å². The summed E-state index contributed by atoms with van der Waals surface area (Å²) < 4.78 is 0. The van der Waals surface area contributed by atoms with Crippen molar-refractivity contribution in [3.8, 4) is 0 Å². The van der Waals surface area contributed by atoms with Gasteiger partial charge in [-0.25, -0.2) is 0 Å². The van der Waals surface area contributed by atoms with Gasteiger partial charge in [-0.1, -0.05) is 26.0 Å². The van der Waals surface area contributed by atoms with E-state index in [0.29, 0.717) is 18.5 Å². The van der Waals surface area contributed by atoms with Crippen molar-refractivity contribution in [2.45, 2.75) is 45.7 Å². The fourth-order valence-corrected chi connectivity index (χ4v) is 2.39. The predicted octanol–water partition coefficient (Wildman–Crippen LogP) is 2.11. The van der Waals surface area contributed by atoms with Gasteiger partial charge in [0.05, 0.1) is 6.42 Å². The van der Waals surface area contributed by atoms with Crippen LogP contribution in [0.25, 0.3) is 0 Å². The van der Waals surface area contributed by atoms with Gasteiger partial charge < -0.3 is 10.6 Å². The first-order valence-electron chi connectivity index (χ1n) is 6.22. The third-order valence-corrected chi connectivity index (χ3v) is 2.95. The number of benzene rings is 1. The second kappa shape index (κ2) is 4.88. The molecule has 1 atom stereocenters. The van der Waals surface area contributed by atoms with Gasteiger partial charge in [0.15, 0.2) is 0 Å². The molecular formula is C14H20N2O. The van der Waals surface area contributed by atoms with Gasteiger partial charge >= 0.3 is 0 Å². The van der Waals surface area contributed by atoms with Gasteiger partial charge in [-0.05, 0) is 30.5 Å². The highest BCUT2D eigenvalue weighted by atomic mass is 16.1. The number of hydrogen-bond donors (Lipinski definition) is 2. The molecule has 3 nitrogen and oxygen atoms in total. The quantitative estimate of drug-likeness (QED) is 0.834. The lowest BCUT2D eigenvalue weighted by atomic mass is 10.0. The number of rotatable bonds is 4. The molecule has 0 fully saturated rings. The molecule has 0 bridgehead atoms. The summed E-state index contributed by atoms with van der Waals surface area (Å²) in [6, 6.07) is 7.22. The molecule has 0 radical (unpaired) electrons. The van der Waals surface area contributed by atoms with E-state index < -0.39 is 0 Å². The fourth-order valence-electron chi connectivity index (χ4n) is 2.39. The molecular weight excluding hydrogens is 212 g/mol. The molecule has 0 spiro atoms. The zero-order valence-corrected chi connectivity index (χ0v) is 10.7. The van der Waals surface area contributed by atoms with Crippen molar-refractivity contribution in [1.29, 1.82) is 0 Å². The molecule has 3 heteroatoms. The molecule has 0 saturated heterocycles. The lowest BCUT2D eigenvalue weighted by molar-refractivity contribution is -0.115. The maximum Gasteiger partial charge on any atom is 0.228 e. The molecule has 1 aromatic carbocycles. The van der Waals surface area contributed by atoms with E-state index in [4.69, 9.17) is 0 Å². The lowest BCUT2D eigenvalue weighted by Crippen LogP contribution is -2.33. The summed E-state index contributed by atoms with van der Waals surface area (Å²) in [6.45, 7) is 6.50. The topological polar surface area (TPSA) is 41.1 Å². The molecule has 1 aliphatic rings. The third kappa shape index (κ3) is 3.07. The molecule has 92 valence electrons. The summed E-state index contributed by atoms with van der Waals surface area (Å²) in [5.74, 6) is 0.102. The first kappa shape index (κ1) is 12.1. The first-order valence-corrected chi connectivity index (χ1v) is 6.22. The predicted molar refractivity (Wildman–Crippen MR) is 70.2 cm³/mol. The van der Waals surface area contributed by atoms with Crippen molar-refractivity contribution >= 4 is 11.6 Å². The molecule has 0 saturated carbocycles. The summed E-state index contributed by atoms with van der Waals surface area (Å²) >= 11 is 0. The summed E-state index contributed by atoms with van der Waals surface area (Å²) in [7, 11) is 0. The van der Waals surface area contributed by atoms with E-state index in [9.17, 15) is 4.79 Å². The number of amides is 1. The summed E-state index contributed by atoms with van der Waals surface area (Å²) in [5.41, 5.74) is 3.40. The Morgan fingerprint density at radius 1 is 1.35 bits per heavy atom. The largest absolute Gasteiger partial charge is 0.326 e. The van der Waals surface area contributed by atoms with Crippen LogP contribution in [0.15, 0.2) is 18.2 Å². The van der Waals surface area contributed by atoms with Crippen molar-refractivity contribution in [2.24, 2.45) is 0 Å². The molecule has 0 aliphatic carbocycles. The zero-order valence-electron chi connectivity index (χ0n) is 10.7. The standard InChI is InChI=1S/C14H20N2O/c1-9(2)15-10(3)6-11-4-5-13-12(7-11)8-14(17)16-13/h4-5,7,9-10,15H,6,8H2,1-3H3,(H,16,17). The molecule has 1 heterocycles. The molecule has 2 rings (SSSR count). The van der Waals surface area contributed by atoms with Crippen LogP contribution in [0.4, 0.5) is 5.69 Å². The second-order valence-corrected chi connectivity index (χ2v) is 5.14. The molecule has 1 aliphatic heterocycles. The summed E-state index contributed by atoms with van der Waals surface area (Å²) in [5, 5.41) is 6.34. The smallest absolute Gasteiger partial charge is 0.228 e. The highest BCUT2D eigenvalue weighted by molar-refractivity contribution is 5.99. The Bertz CT molecular complexity index is 426. The van der Waals surface area contributed by atoms with E-state index in [0.717, 1.165) is 17.7 Å². The van der Waals surface area contributed by atoms with Crippen LogP contribution in [0.5, 0.6) is 0 Å². The van der Waals surface area contributed by atoms with Crippen molar-refractivity contribution in [3.05, 3.63) is 29.3 Å². The maximum absolute atomic E-state index is 11.3. The van der Waals surface area contributed by atoms with E-state index in [2.05, 4.69) is 43.5 Å². The number of fused-ring (bicyclic) bond motifs is 1. The van der Waals surface area contributed by atoms with Gasteiger partial charge in [0.25, 0.3) is 0 Å². The molecule has 1 amide bonds. The maximum atomic E-state index is 11.3. The van der Waals surface area contributed by atoms with E-state index in [-0.39, 0.29) is 5.91 Å². The number of carbonyl (C=O) groups is 1. The van der Waals surface area contributed by atoms with Crippen LogP contribution in [0.1, 0.15) is 31.9 Å². The van der Waals surface area contributed by atoms with Crippen LogP contribution in [-0.4, -0.2) is 18.0 Å². The molecule has 1 aromatic rings. The van der Waals surface area contributed by atoms with Gasteiger partial charge in [0.2, 0.25) is 5.91 Å². The average Bonchev–Trinajstić information content (AvgIpc) is 2.55. The Hall–Kier alpha value is -1.35. The van der Waals surface area contributed by atoms with Crippen LogP contribution in [0.3, 0.4) is 0 Å².